The summed E-state index contributed by atoms with van der Waals surface area (Å²) in [5, 5.41) is 8.49. The summed E-state index contributed by atoms with van der Waals surface area (Å²) in [6, 6.07) is 15.3. The fourth-order valence-corrected chi connectivity index (χ4v) is 0.877. The van der Waals surface area contributed by atoms with Crippen LogP contribution in [-0.4, -0.2) is 5.11 Å². The molecule has 1 nitrogen and oxygen atoms in total. The molecular weight excluding hydrogens is 198 g/mol. The van der Waals surface area contributed by atoms with Crippen molar-refractivity contribution < 1.29 is 13.9 Å². The summed E-state index contributed by atoms with van der Waals surface area (Å²) in [4.78, 5) is 0. The largest absolute Gasteiger partial charge is 0.505 e. The summed E-state index contributed by atoms with van der Waals surface area (Å²) in [6.07, 6.45) is 0. The van der Waals surface area contributed by atoms with Gasteiger partial charge in [0.2, 0.25) is 0 Å². The van der Waals surface area contributed by atoms with Crippen molar-refractivity contribution in [3.8, 4) is 5.75 Å². The Labute approximate surface area is 86.6 Å². The predicted octanol–water partition coefficient (Wildman–Crippen LogP) is 3.36. The highest BCUT2D eigenvalue weighted by Gasteiger charge is 2.03. The van der Waals surface area contributed by atoms with Crippen LogP contribution >= 0.6 is 0 Å². The lowest BCUT2D eigenvalue weighted by Crippen LogP contribution is -1.81. The molecule has 78 valence electrons. The van der Waals surface area contributed by atoms with Crippen molar-refractivity contribution in [1.29, 1.82) is 0 Å². The lowest BCUT2D eigenvalue weighted by molar-refractivity contribution is 0.407. The van der Waals surface area contributed by atoms with E-state index in [4.69, 9.17) is 5.11 Å². The van der Waals surface area contributed by atoms with Gasteiger partial charge in [-0.25, -0.2) is 4.39 Å². The molecule has 0 bridgehead atoms. The average Bonchev–Trinajstić information content (AvgIpc) is 2.29. The number of hydrogen-bond donors (Lipinski definition) is 1. The van der Waals surface area contributed by atoms with Gasteiger partial charge in [0.1, 0.15) is 0 Å². The number of halogens is 2. The molecule has 1 N–H and O–H groups in total. The van der Waals surface area contributed by atoms with Gasteiger partial charge < -0.3 is 5.11 Å². The average molecular weight is 208 g/mol. The number of phenols is 1. The maximum atomic E-state index is 12.1. The van der Waals surface area contributed by atoms with Crippen molar-refractivity contribution in [1.82, 2.24) is 0 Å². The van der Waals surface area contributed by atoms with Crippen molar-refractivity contribution >= 4 is 0 Å². The normalized spacial score (nSPS) is 8.93. The van der Waals surface area contributed by atoms with E-state index in [1.165, 1.54) is 6.07 Å². The van der Waals surface area contributed by atoms with Gasteiger partial charge >= 0.3 is 0 Å². The number of hydrogen-bond acceptors (Lipinski definition) is 1. The van der Waals surface area contributed by atoms with Gasteiger partial charge in [-0.2, -0.15) is 4.39 Å². The molecule has 0 atom stereocenters. The smallest absolute Gasteiger partial charge is 0.200 e. The molecule has 0 aliphatic carbocycles. The van der Waals surface area contributed by atoms with Crippen LogP contribution in [0.25, 0.3) is 0 Å². The molecule has 0 radical (unpaired) electrons. The number of rotatable bonds is 0. The fourth-order valence-electron chi connectivity index (χ4n) is 0.877. The molecule has 0 saturated carbocycles. The number of benzene rings is 2. The Morgan fingerprint density at radius 2 is 1.20 bits per heavy atom. The Hall–Kier alpha value is -1.90. The SMILES string of the molecule is Oc1cccc(F)c1F.c1ccccc1. The van der Waals surface area contributed by atoms with Crippen molar-refractivity contribution in [3.05, 3.63) is 66.2 Å². The zero-order valence-corrected chi connectivity index (χ0v) is 7.90. The first-order valence-electron chi connectivity index (χ1n) is 4.35. The van der Waals surface area contributed by atoms with E-state index in [1.807, 2.05) is 36.4 Å². The van der Waals surface area contributed by atoms with E-state index in [9.17, 15) is 8.78 Å². The third-order valence-corrected chi connectivity index (χ3v) is 1.60. The fraction of sp³-hybridized carbons (Fsp3) is 0. The summed E-state index contributed by atoms with van der Waals surface area (Å²) in [5.74, 6) is -2.89. The summed E-state index contributed by atoms with van der Waals surface area (Å²) >= 11 is 0. The quantitative estimate of drug-likeness (QED) is 0.703. The van der Waals surface area contributed by atoms with Crippen LogP contribution in [0.4, 0.5) is 8.78 Å². The molecule has 0 spiro atoms. The molecule has 0 fully saturated rings. The standard InChI is InChI=1S/C6H4F2O.C6H6/c7-4-2-1-3-5(9)6(4)8;1-2-4-6-5-3-1/h1-3,9H;1-6H. The highest BCUT2D eigenvalue weighted by molar-refractivity contribution is 5.22. The Bertz CT molecular complexity index is 355. The van der Waals surface area contributed by atoms with Crippen molar-refractivity contribution in [3.63, 3.8) is 0 Å². The molecule has 0 heterocycles. The van der Waals surface area contributed by atoms with Crippen LogP contribution in [0.2, 0.25) is 0 Å². The number of phenolic OH excluding ortho intramolecular Hbond substituents is 1. The third kappa shape index (κ3) is 3.77. The molecular formula is C12H10F2O. The summed E-state index contributed by atoms with van der Waals surface area (Å²) in [5.41, 5.74) is 0. The zero-order chi connectivity index (χ0) is 11.1. The van der Waals surface area contributed by atoms with E-state index in [1.54, 1.807) is 0 Å². The van der Waals surface area contributed by atoms with E-state index in [0.29, 0.717) is 0 Å². The molecule has 0 aliphatic rings. The molecule has 0 saturated heterocycles. The van der Waals surface area contributed by atoms with Crippen molar-refractivity contribution in [2.75, 3.05) is 0 Å². The lowest BCUT2D eigenvalue weighted by Gasteiger charge is -1.92. The maximum Gasteiger partial charge on any atom is 0.200 e. The van der Waals surface area contributed by atoms with E-state index in [2.05, 4.69) is 0 Å². The second-order valence-electron chi connectivity index (χ2n) is 2.73. The molecule has 0 aliphatic heterocycles. The molecule has 0 aromatic heterocycles. The molecule has 0 amide bonds. The van der Waals surface area contributed by atoms with Crippen LogP contribution in [-0.2, 0) is 0 Å². The topological polar surface area (TPSA) is 20.2 Å². The van der Waals surface area contributed by atoms with Crippen LogP contribution in [0.5, 0.6) is 5.75 Å². The van der Waals surface area contributed by atoms with Crippen LogP contribution in [0.15, 0.2) is 54.6 Å². The second-order valence-corrected chi connectivity index (χ2v) is 2.73. The van der Waals surface area contributed by atoms with Crippen molar-refractivity contribution in [2.24, 2.45) is 0 Å². The van der Waals surface area contributed by atoms with Crippen molar-refractivity contribution in [2.45, 2.75) is 0 Å². The molecule has 2 rings (SSSR count). The molecule has 3 heteroatoms. The summed E-state index contributed by atoms with van der Waals surface area (Å²) in [6.45, 7) is 0. The highest BCUT2D eigenvalue weighted by Crippen LogP contribution is 2.16. The van der Waals surface area contributed by atoms with Gasteiger partial charge in [-0.3, -0.25) is 0 Å². The molecule has 2 aromatic rings. The Balaban J connectivity index is 0.000000162. The van der Waals surface area contributed by atoms with E-state index < -0.39 is 17.4 Å². The first-order chi connectivity index (χ1) is 7.22. The monoisotopic (exact) mass is 208 g/mol. The third-order valence-electron chi connectivity index (χ3n) is 1.60. The Morgan fingerprint density at radius 3 is 1.53 bits per heavy atom. The minimum Gasteiger partial charge on any atom is -0.505 e. The molecule has 2 aromatic carbocycles. The molecule has 0 unspecified atom stereocenters. The minimum absolute atomic E-state index is 0.657. The Kier molecular flexibility index (Phi) is 4.29. The summed E-state index contributed by atoms with van der Waals surface area (Å²) < 4.78 is 24.2. The van der Waals surface area contributed by atoms with Gasteiger partial charge in [0, 0.05) is 0 Å². The van der Waals surface area contributed by atoms with Crippen LogP contribution in [0, 0.1) is 11.6 Å². The van der Waals surface area contributed by atoms with Gasteiger partial charge in [0.25, 0.3) is 0 Å². The van der Waals surface area contributed by atoms with Gasteiger partial charge in [-0.05, 0) is 12.1 Å². The zero-order valence-electron chi connectivity index (χ0n) is 7.90. The van der Waals surface area contributed by atoms with E-state index in [0.717, 1.165) is 12.1 Å². The molecule has 15 heavy (non-hydrogen) atoms. The van der Waals surface area contributed by atoms with Crippen LogP contribution in [0.1, 0.15) is 0 Å². The highest BCUT2D eigenvalue weighted by atomic mass is 19.2. The first kappa shape index (κ1) is 11.2. The summed E-state index contributed by atoms with van der Waals surface area (Å²) in [7, 11) is 0. The van der Waals surface area contributed by atoms with E-state index in [-0.39, 0.29) is 0 Å². The lowest BCUT2D eigenvalue weighted by atomic mass is 10.3. The van der Waals surface area contributed by atoms with Gasteiger partial charge in [0.05, 0.1) is 0 Å². The van der Waals surface area contributed by atoms with Gasteiger partial charge in [-0.1, -0.05) is 42.5 Å². The van der Waals surface area contributed by atoms with E-state index >= 15 is 0 Å². The second kappa shape index (κ2) is 5.75. The van der Waals surface area contributed by atoms with Crippen LogP contribution in [0.3, 0.4) is 0 Å². The predicted molar refractivity (Wildman–Crippen MR) is 54.5 cm³/mol. The minimum atomic E-state index is -1.20. The van der Waals surface area contributed by atoms with Gasteiger partial charge in [0.15, 0.2) is 17.4 Å². The van der Waals surface area contributed by atoms with Crippen LogP contribution < -0.4 is 0 Å². The van der Waals surface area contributed by atoms with Gasteiger partial charge in [-0.15, -0.1) is 0 Å². The number of aromatic hydroxyl groups is 1. The maximum absolute atomic E-state index is 12.1. The Morgan fingerprint density at radius 1 is 0.733 bits per heavy atom. The first-order valence-corrected chi connectivity index (χ1v) is 4.35.